The molecule has 0 saturated carbocycles. The molecule has 0 atom stereocenters. The van der Waals surface area contributed by atoms with Crippen molar-refractivity contribution in [2.45, 2.75) is 56.8 Å². The molecule has 9 nitrogen and oxygen atoms in total. The van der Waals surface area contributed by atoms with Crippen LogP contribution in [0, 0.1) is 6.92 Å². The molecule has 10 heteroatoms. The minimum atomic E-state index is -4.40. The summed E-state index contributed by atoms with van der Waals surface area (Å²) in [5, 5.41) is 9.34. The number of carboxylic acids is 1. The SMILES string of the molecule is Cc1ccc2c(c1)C(C)(C)\C(=C/C=C/C=C/C1=[N+](CCC(=O)O)c3ccc(S(=O)(=O)O)cc3C1(C)C)N2CCOC=O. The minimum Gasteiger partial charge on any atom is -0.481 e. The van der Waals surface area contributed by atoms with Crippen molar-refractivity contribution in [2.24, 2.45) is 0 Å². The van der Waals surface area contributed by atoms with Crippen LogP contribution in [0.3, 0.4) is 0 Å². The highest BCUT2D eigenvalue weighted by atomic mass is 32.2. The number of anilines is 1. The molecule has 0 radical (unpaired) electrons. The second-order valence-corrected chi connectivity index (χ2v) is 12.9. The summed E-state index contributed by atoms with van der Waals surface area (Å²) in [5.74, 6) is -0.941. The maximum atomic E-state index is 11.8. The molecular formula is C32H37N2O7S+. The Kier molecular flexibility index (Phi) is 8.61. The van der Waals surface area contributed by atoms with Crippen LogP contribution in [-0.4, -0.2) is 60.5 Å². The first-order valence-electron chi connectivity index (χ1n) is 13.7. The molecule has 0 fully saturated rings. The van der Waals surface area contributed by atoms with E-state index in [0.717, 1.165) is 17.1 Å². The fourth-order valence-corrected chi connectivity index (χ4v) is 6.35. The van der Waals surface area contributed by atoms with Crippen molar-refractivity contribution in [3.63, 3.8) is 0 Å². The highest BCUT2D eigenvalue weighted by Crippen LogP contribution is 2.48. The first-order chi connectivity index (χ1) is 19.7. The van der Waals surface area contributed by atoms with Gasteiger partial charge >= 0.3 is 5.97 Å². The monoisotopic (exact) mass is 593 g/mol. The first kappa shape index (κ1) is 30.9. The van der Waals surface area contributed by atoms with E-state index in [9.17, 15) is 27.7 Å². The van der Waals surface area contributed by atoms with Crippen LogP contribution in [0.15, 0.2) is 77.4 Å². The number of rotatable bonds is 11. The molecule has 0 amide bonds. The lowest BCUT2D eigenvalue weighted by Crippen LogP contribution is -2.29. The van der Waals surface area contributed by atoms with Gasteiger partial charge in [0.05, 0.1) is 16.9 Å². The zero-order valence-electron chi connectivity index (χ0n) is 24.5. The molecule has 0 saturated heterocycles. The number of aryl methyl sites for hydroxylation is 1. The van der Waals surface area contributed by atoms with Gasteiger partial charge in [0, 0.05) is 34.5 Å². The van der Waals surface area contributed by atoms with E-state index in [1.807, 2.05) is 48.8 Å². The number of nitrogens with zero attached hydrogens (tertiary/aromatic N) is 2. The summed E-state index contributed by atoms with van der Waals surface area (Å²) in [4.78, 5) is 24.1. The number of hydrogen-bond donors (Lipinski definition) is 2. The van der Waals surface area contributed by atoms with Crippen molar-refractivity contribution in [2.75, 3.05) is 24.6 Å². The lowest BCUT2D eigenvalue weighted by molar-refractivity contribution is -0.436. The molecule has 0 aromatic heterocycles. The Morgan fingerprint density at radius 2 is 1.76 bits per heavy atom. The molecule has 2 aliphatic rings. The molecule has 0 bridgehead atoms. The summed E-state index contributed by atoms with van der Waals surface area (Å²) in [6.07, 6.45) is 9.54. The molecule has 2 aromatic rings. The van der Waals surface area contributed by atoms with Gasteiger partial charge in [-0.2, -0.15) is 13.0 Å². The summed E-state index contributed by atoms with van der Waals surface area (Å²) in [6, 6.07) is 10.7. The summed E-state index contributed by atoms with van der Waals surface area (Å²) in [7, 11) is -4.40. The van der Waals surface area contributed by atoms with Crippen LogP contribution in [0.4, 0.5) is 11.4 Å². The van der Waals surface area contributed by atoms with Gasteiger partial charge in [-0.25, -0.2) is 0 Å². The number of ether oxygens (including phenoxy) is 1. The van der Waals surface area contributed by atoms with Crippen LogP contribution in [0.5, 0.6) is 0 Å². The number of benzene rings is 2. The topological polar surface area (TPSA) is 124 Å². The van der Waals surface area contributed by atoms with Crippen LogP contribution in [0.1, 0.15) is 50.8 Å². The molecule has 2 heterocycles. The van der Waals surface area contributed by atoms with Crippen LogP contribution < -0.4 is 4.90 Å². The third kappa shape index (κ3) is 5.96. The minimum absolute atomic E-state index is 0.104. The van der Waals surface area contributed by atoms with Crippen LogP contribution in [-0.2, 0) is 35.3 Å². The fraction of sp³-hybridized carbons (Fsp3) is 0.344. The summed E-state index contributed by atoms with van der Waals surface area (Å²) in [6.45, 7) is 11.7. The number of carboxylic acid groups (broad SMARTS) is 1. The van der Waals surface area contributed by atoms with Crippen LogP contribution in [0.2, 0.25) is 0 Å². The van der Waals surface area contributed by atoms with Gasteiger partial charge < -0.3 is 14.7 Å². The number of aliphatic carboxylic acids is 1. The molecule has 4 rings (SSSR count). The first-order valence-corrected chi connectivity index (χ1v) is 15.1. The summed E-state index contributed by atoms with van der Waals surface area (Å²) in [5.41, 5.74) is 5.76. The van der Waals surface area contributed by atoms with E-state index >= 15 is 0 Å². The highest BCUT2D eigenvalue weighted by Gasteiger charge is 2.45. The van der Waals surface area contributed by atoms with Crippen molar-refractivity contribution in [3.8, 4) is 0 Å². The van der Waals surface area contributed by atoms with E-state index in [0.29, 0.717) is 24.3 Å². The Morgan fingerprint density at radius 3 is 2.43 bits per heavy atom. The van der Waals surface area contributed by atoms with Gasteiger partial charge in [0.25, 0.3) is 16.6 Å². The van der Waals surface area contributed by atoms with Gasteiger partial charge in [-0.15, -0.1) is 0 Å². The quantitative estimate of drug-likeness (QED) is 0.122. The predicted molar refractivity (Wildman–Crippen MR) is 161 cm³/mol. The number of carbonyl (C=O) groups is 2. The molecule has 0 spiro atoms. The van der Waals surface area contributed by atoms with E-state index in [-0.39, 0.29) is 29.9 Å². The van der Waals surface area contributed by atoms with E-state index in [1.54, 1.807) is 6.07 Å². The molecule has 222 valence electrons. The molecule has 42 heavy (non-hydrogen) atoms. The largest absolute Gasteiger partial charge is 0.481 e. The molecule has 2 aromatic carbocycles. The molecule has 0 aliphatic carbocycles. The predicted octanol–water partition coefficient (Wildman–Crippen LogP) is 5.06. The maximum Gasteiger partial charge on any atom is 0.309 e. The number of hydrogen-bond acceptors (Lipinski definition) is 6. The van der Waals surface area contributed by atoms with Crippen LogP contribution in [0.25, 0.3) is 0 Å². The zero-order chi connectivity index (χ0) is 30.9. The fourth-order valence-electron chi connectivity index (χ4n) is 5.84. The smallest absolute Gasteiger partial charge is 0.309 e. The van der Waals surface area contributed by atoms with Gasteiger partial charge in [-0.05, 0) is 50.6 Å². The van der Waals surface area contributed by atoms with E-state index in [4.69, 9.17) is 4.74 Å². The second-order valence-electron chi connectivity index (χ2n) is 11.5. The molecule has 2 N–H and O–H groups in total. The average Bonchev–Trinajstić information content (AvgIpc) is 3.25. The molecule has 0 unspecified atom stereocenters. The van der Waals surface area contributed by atoms with Gasteiger partial charge in [0.1, 0.15) is 13.0 Å². The summed E-state index contributed by atoms with van der Waals surface area (Å²) < 4.78 is 40.1. The van der Waals surface area contributed by atoms with Crippen molar-refractivity contribution in [1.29, 1.82) is 0 Å². The van der Waals surface area contributed by atoms with Crippen molar-refractivity contribution in [3.05, 3.63) is 89.2 Å². The van der Waals surface area contributed by atoms with Gasteiger partial charge in [-0.1, -0.05) is 49.8 Å². The Morgan fingerprint density at radius 1 is 1.02 bits per heavy atom. The van der Waals surface area contributed by atoms with E-state index < -0.39 is 21.5 Å². The number of allylic oxidation sites excluding steroid dienone is 6. The van der Waals surface area contributed by atoms with Gasteiger partial charge in [-0.3, -0.25) is 14.1 Å². The van der Waals surface area contributed by atoms with E-state index in [2.05, 4.69) is 43.9 Å². The third-order valence-electron chi connectivity index (χ3n) is 7.99. The Labute approximate surface area is 246 Å². The lowest BCUT2D eigenvalue weighted by atomic mass is 9.81. The van der Waals surface area contributed by atoms with Crippen molar-refractivity contribution in [1.82, 2.24) is 0 Å². The number of carbonyl (C=O) groups excluding carboxylic acids is 1. The standard InChI is InChI=1S/C32H36N2O7S/c1-22-11-13-26-24(19-22)31(2,3)29(34(26)17-18-41-21-35)10-8-6-7-9-28-32(4,5)25-20-23(42(38,39)40)12-14-27(25)33(28)16-15-30(36)37/h6-14,19-21H,15-18H2,1-5H3,(H-,36,37,38,39,40)/p+1. The Balaban J connectivity index is 1.67. The third-order valence-corrected chi connectivity index (χ3v) is 8.84. The maximum absolute atomic E-state index is 11.8. The van der Waals surface area contributed by atoms with E-state index in [1.165, 1.54) is 23.3 Å². The van der Waals surface area contributed by atoms with Gasteiger partial charge in [0.2, 0.25) is 5.69 Å². The van der Waals surface area contributed by atoms with Crippen molar-refractivity contribution >= 4 is 39.6 Å². The Hall–Kier alpha value is -4.02. The Bertz CT molecular complexity index is 1650. The zero-order valence-corrected chi connectivity index (χ0v) is 25.3. The second kappa shape index (κ2) is 11.7. The normalized spacial score (nSPS) is 18.2. The number of fused-ring (bicyclic) bond motifs is 2. The van der Waals surface area contributed by atoms with Crippen molar-refractivity contribution < 1.29 is 37.0 Å². The average molecular weight is 594 g/mol. The van der Waals surface area contributed by atoms with Crippen LogP contribution >= 0.6 is 0 Å². The lowest BCUT2D eigenvalue weighted by Gasteiger charge is -2.26. The molecular weight excluding hydrogens is 556 g/mol. The summed E-state index contributed by atoms with van der Waals surface area (Å²) >= 11 is 0. The molecule has 2 aliphatic heterocycles. The van der Waals surface area contributed by atoms with Gasteiger partial charge in [0.15, 0.2) is 12.3 Å². The highest BCUT2D eigenvalue weighted by molar-refractivity contribution is 7.85.